The lowest BCUT2D eigenvalue weighted by atomic mass is 10.00. The quantitative estimate of drug-likeness (QED) is 0.740. The summed E-state index contributed by atoms with van der Waals surface area (Å²) in [4.78, 5) is 0. The maximum atomic E-state index is 11.5. The molecule has 5 heteroatoms. The van der Waals surface area contributed by atoms with Crippen molar-refractivity contribution in [1.29, 1.82) is 0 Å². The molecular weight excluding hydrogens is 200 g/mol. The minimum Gasteiger partial charge on any atom is -0.316 e. The summed E-state index contributed by atoms with van der Waals surface area (Å²) in [6.45, 7) is 4.36. The molecule has 1 N–H and O–H groups in total. The van der Waals surface area contributed by atoms with E-state index in [0.29, 0.717) is 12.5 Å². The van der Waals surface area contributed by atoms with Crippen LogP contribution < -0.4 is 5.32 Å². The molecule has 0 bridgehead atoms. The standard InChI is InChI=1S/C9H20N2O2S/c1-3-14(12,13)11(2)8-9-5-4-6-10-7-9/h9-10H,3-8H2,1-2H3. The Labute approximate surface area is 86.7 Å². The number of rotatable bonds is 4. The third-order valence-electron chi connectivity index (χ3n) is 2.75. The van der Waals surface area contributed by atoms with Gasteiger partial charge in [0, 0.05) is 13.6 Å². The Hall–Kier alpha value is -0.130. The molecule has 1 fully saturated rings. The van der Waals surface area contributed by atoms with Crippen LogP contribution in [0.5, 0.6) is 0 Å². The highest BCUT2D eigenvalue weighted by molar-refractivity contribution is 7.89. The molecule has 1 atom stereocenters. The number of nitrogens with one attached hydrogen (secondary N) is 1. The van der Waals surface area contributed by atoms with Gasteiger partial charge < -0.3 is 5.32 Å². The van der Waals surface area contributed by atoms with Gasteiger partial charge in [-0.15, -0.1) is 0 Å². The summed E-state index contributed by atoms with van der Waals surface area (Å²) < 4.78 is 24.4. The van der Waals surface area contributed by atoms with Crippen LogP contribution in [-0.2, 0) is 10.0 Å². The Bertz CT molecular complexity index is 258. The third kappa shape index (κ3) is 3.22. The zero-order valence-corrected chi connectivity index (χ0v) is 9.81. The first kappa shape index (κ1) is 11.9. The van der Waals surface area contributed by atoms with E-state index in [-0.39, 0.29) is 5.75 Å². The Balaban J connectivity index is 2.43. The molecule has 0 aromatic heterocycles. The third-order valence-corrected chi connectivity index (χ3v) is 4.58. The molecule has 1 rings (SSSR count). The fourth-order valence-corrected chi connectivity index (χ4v) is 2.66. The van der Waals surface area contributed by atoms with Gasteiger partial charge in [-0.1, -0.05) is 0 Å². The van der Waals surface area contributed by atoms with E-state index in [1.807, 2.05) is 0 Å². The van der Waals surface area contributed by atoms with Gasteiger partial charge in [-0.2, -0.15) is 0 Å². The molecule has 1 aliphatic heterocycles. The average molecular weight is 220 g/mol. The van der Waals surface area contributed by atoms with E-state index in [1.165, 1.54) is 4.31 Å². The Morgan fingerprint density at radius 3 is 2.71 bits per heavy atom. The Morgan fingerprint density at radius 1 is 1.50 bits per heavy atom. The molecular formula is C9H20N2O2S. The van der Waals surface area contributed by atoms with Crippen molar-refractivity contribution in [2.24, 2.45) is 5.92 Å². The monoisotopic (exact) mass is 220 g/mol. The SMILES string of the molecule is CCS(=O)(=O)N(C)CC1CCCNC1. The van der Waals surface area contributed by atoms with Crippen LogP contribution in [0.3, 0.4) is 0 Å². The normalized spacial score (nSPS) is 24.1. The van der Waals surface area contributed by atoms with Crippen molar-refractivity contribution in [2.45, 2.75) is 19.8 Å². The maximum absolute atomic E-state index is 11.5. The number of hydrogen-bond acceptors (Lipinski definition) is 3. The molecule has 0 saturated carbocycles. The molecule has 0 aromatic carbocycles. The first-order valence-electron chi connectivity index (χ1n) is 5.21. The zero-order valence-electron chi connectivity index (χ0n) is 8.99. The van der Waals surface area contributed by atoms with Crippen molar-refractivity contribution in [1.82, 2.24) is 9.62 Å². The minimum atomic E-state index is -2.99. The van der Waals surface area contributed by atoms with Gasteiger partial charge in [-0.3, -0.25) is 0 Å². The maximum Gasteiger partial charge on any atom is 0.213 e. The van der Waals surface area contributed by atoms with Crippen molar-refractivity contribution in [3.63, 3.8) is 0 Å². The molecule has 1 saturated heterocycles. The summed E-state index contributed by atoms with van der Waals surface area (Å²) in [7, 11) is -1.32. The lowest BCUT2D eigenvalue weighted by molar-refractivity contribution is 0.315. The molecule has 0 spiro atoms. The van der Waals surface area contributed by atoms with Crippen LogP contribution in [0.25, 0.3) is 0 Å². The van der Waals surface area contributed by atoms with Crippen molar-refractivity contribution < 1.29 is 8.42 Å². The smallest absolute Gasteiger partial charge is 0.213 e. The van der Waals surface area contributed by atoms with Gasteiger partial charge in [-0.25, -0.2) is 12.7 Å². The van der Waals surface area contributed by atoms with E-state index in [1.54, 1.807) is 14.0 Å². The Kier molecular flexibility index (Phi) is 4.34. The summed E-state index contributed by atoms with van der Waals surface area (Å²) in [6, 6.07) is 0. The topological polar surface area (TPSA) is 49.4 Å². The summed E-state index contributed by atoms with van der Waals surface area (Å²) in [5, 5.41) is 3.29. The second-order valence-corrected chi connectivity index (χ2v) is 6.26. The van der Waals surface area contributed by atoms with E-state index in [4.69, 9.17) is 0 Å². The van der Waals surface area contributed by atoms with Gasteiger partial charge in [0.05, 0.1) is 5.75 Å². The second-order valence-electron chi connectivity index (χ2n) is 3.89. The molecule has 4 nitrogen and oxygen atoms in total. The fourth-order valence-electron chi connectivity index (χ4n) is 1.78. The lowest BCUT2D eigenvalue weighted by Gasteiger charge is -2.26. The van der Waals surface area contributed by atoms with E-state index < -0.39 is 10.0 Å². The predicted octanol–water partition coefficient (Wildman–Crippen LogP) is 0.267. The van der Waals surface area contributed by atoms with Crippen molar-refractivity contribution >= 4 is 10.0 Å². The first-order valence-corrected chi connectivity index (χ1v) is 6.82. The van der Waals surface area contributed by atoms with Gasteiger partial charge >= 0.3 is 0 Å². The molecule has 0 aliphatic carbocycles. The van der Waals surface area contributed by atoms with Crippen LogP contribution in [0.4, 0.5) is 0 Å². The van der Waals surface area contributed by atoms with Crippen LogP contribution in [0.15, 0.2) is 0 Å². The molecule has 0 aromatic rings. The van der Waals surface area contributed by atoms with Crippen molar-refractivity contribution in [3.05, 3.63) is 0 Å². The van der Waals surface area contributed by atoms with Crippen LogP contribution in [0.2, 0.25) is 0 Å². The predicted molar refractivity (Wildman–Crippen MR) is 57.7 cm³/mol. The van der Waals surface area contributed by atoms with E-state index in [2.05, 4.69) is 5.32 Å². The largest absolute Gasteiger partial charge is 0.316 e. The highest BCUT2D eigenvalue weighted by atomic mass is 32.2. The van der Waals surface area contributed by atoms with Gasteiger partial charge in [0.25, 0.3) is 0 Å². The number of hydrogen-bond donors (Lipinski definition) is 1. The minimum absolute atomic E-state index is 0.198. The molecule has 1 heterocycles. The van der Waals surface area contributed by atoms with Gasteiger partial charge in [0.1, 0.15) is 0 Å². The van der Waals surface area contributed by atoms with Crippen molar-refractivity contribution in [3.8, 4) is 0 Å². The van der Waals surface area contributed by atoms with Crippen LogP contribution in [-0.4, -0.2) is 45.2 Å². The van der Waals surface area contributed by atoms with Crippen LogP contribution >= 0.6 is 0 Å². The average Bonchev–Trinajstić information content (AvgIpc) is 2.19. The molecule has 84 valence electrons. The highest BCUT2D eigenvalue weighted by Crippen LogP contribution is 2.12. The van der Waals surface area contributed by atoms with Crippen LogP contribution in [0.1, 0.15) is 19.8 Å². The fraction of sp³-hybridized carbons (Fsp3) is 1.00. The van der Waals surface area contributed by atoms with Crippen molar-refractivity contribution in [2.75, 3.05) is 32.4 Å². The van der Waals surface area contributed by atoms with E-state index >= 15 is 0 Å². The molecule has 1 unspecified atom stereocenters. The summed E-state index contributed by atoms with van der Waals surface area (Å²) in [5.74, 6) is 0.680. The summed E-state index contributed by atoms with van der Waals surface area (Å²) in [6.07, 6.45) is 2.29. The lowest BCUT2D eigenvalue weighted by Crippen LogP contribution is -2.39. The van der Waals surface area contributed by atoms with E-state index in [0.717, 1.165) is 25.9 Å². The van der Waals surface area contributed by atoms with Gasteiger partial charge in [0.2, 0.25) is 10.0 Å². The molecule has 0 amide bonds. The molecule has 1 aliphatic rings. The van der Waals surface area contributed by atoms with Gasteiger partial charge in [0.15, 0.2) is 0 Å². The number of nitrogens with zero attached hydrogens (tertiary/aromatic N) is 1. The number of piperidine rings is 1. The summed E-state index contributed by atoms with van der Waals surface area (Å²) in [5.41, 5.74) is 0. The van der Waals surface area contributed by atoms with Crippen LogP contribution in [0, 0.1) is 5.92 Å². The zero-order chi connectivity index (χ0) is 10.6. The summed E-state index contributed by atoms with van der Waals surface area (Å²) >= 11 is 0. The second kappa shape index (κ2) is 5.09. The highest BCUT2D eigenvalue weighted by Gasteiger charge is 2.21. The molecule has 0 radical (unpaired) electrons. The Morgan fingerprint density at radius 2 is 2.21 bits per heavy atom. The molecule has 14 heavy (non-hydrogen) atoms. The first-order chi connectivity index (χ1) is 6.56. The van der Waals surface area contributed by atoms with E-state index in [9.17, 15) is 8.42 Å². The number of sulfonamides is 1. The van der Waals surface area contributed by atoms with Gasteiger partial charge in [-0.05, 0) is 38.8 Å².